The molecule has 6 nitrogen and oxygen atoms in total. The average molecular weight is 238 g/mol. The lowest BCUT2D eigenvalue weighted by Crippen LogP contribution is -2.11. The normalized spacial score (nSPS) is 11.9. The first kappa shape index (κ1) is 16.4. The minimum atomic E-state index is -3.72. The van der Waals surface area contributed by atoms with Crippen LogP contribution >= 0.6 is 0 Å². The summed E-state index contributed by atoms with van der Waals surface area (Å²) in [6.45, 7) is 8.53. The van der Waals surface area contributed by atoms with Gasteiger partial charge in [0.2, 0.25) is 0 Å². The maximum absolute atomic E-state index is 10.00. The second-order valence-corrected chi connectivity index (χ2v) is 4.91. The first-order valence-electron chi connectivity index (χ1n) is 4.18. The van der Waals surface area contributed by atoms with Crippen LogP contribution in [0.5, 0.6) is 0 Å². The quantitative estimate of drug-likeness (QED) is 0.222. The highest BCUT2D eigenvalue weighted by Crippen LogP contribution is 1.95. The van der Waals surface area contributed by atoms with Gasteiger partial charge in [-0.15, -0.1) is 0 Å². The summed E-state index contributed by atoms with van der Waals surface area (Å²) in [7, 11) is -3.72. The number of amidine groups is 1. The van der Waals surface area contributed by atoms with Crippen molar-refractivity contribution in [2.75, 3.05) is 5.75 Å². The lowest BCUT2D eigenvalue weighted by atomic mass is 10.3. The molecule has 0 fully saturated rings. The summed E-state index contributed by atoms with van der Waals surface area (Å²) in [6, 6.07) is 0. The van der Waals surface area contributed by atoms with Crippen molar-refractivity contribution in [3.8, 4) is 0 Å². The number of nitrogens with zero attached hydrogens (tertiary/aromatic N) is 1. The molecule has 0 aromatic heterocycles. The molecule has 0 aromatic carbocycles. The van der Waals surface area contributed by atoms with Crippen molar-refractivity contribution < 1.29 is 18.2 Å². The molecule has 0 aliphatic rings. The predicted octanol–water partition coefficient (Wildman–Crippen LogP) is 0.839. The Morgan fingerprint density at radius 2 is 1.93 bits per heavy atom. The second kappa shape index (κ2) is 7.24. The van der Waals surface area contributed by atoms with Crippen LogP contribution in [0.4, 0.5) is 0 Å². The van der Waals surface area contributed by atoms with Crippen LogP contribution in [0.2, 0.25) is 0 Å². The van der Waals surface area contributed by atoms with Gasteiger partial charge in [-0.3, -0.25) is 4.55 Å². The van der Waals surface area contributed by atoms with Gasteiger partial charge in [0.15, 0.2) is 5.84 Å². The molecule has 7 heteroatoms. The third-order valence-electron chi connectivity index (χ3n) is 1.09. The van der Waals surface area contributed by atoms with Crippen molar-refractivity contribution >= 4 is 16.0 Å². The monoisotopic (exact) mass is 238 g/mol. The van der Waals surface area contributed by atoms with Gasteiger partial charge in [-0.25, -0.2) is 0 Å². The van der Waals surface area contributed by atoms with Crippen molar-refractivity contribution in [3.63, 3.8) is 0 Å². The van der Waals surface area contributed by atoms with Gasteiger partial charge < -0.3 is 10.9 Å². The molecule has 0 rings (SSSR count). The topological polar surface area (TPSA) is 113 Å². The first-order chi connectivity index (χ1) is 6.60. The molecule has 0 spiro atoms. The predicted molar refractivity (Wildman–Crippen MR) is 59.5 cm³/mol. The Kier molecular flexibility index (Phi) is 7.90. The number of hydrogen-bond acceptors (Lipinski definition) is 4. The van der Waals surface area contributed by atoms with E-state index in [0.29, 0.717) is 5.57 Å². The molecule has 90 valence electrons. The zero-order valence-corrected chi connectivity index (χ0v) is 9.95. The summed E-state index contributed by atoms with van der Waals surface area (Å²) >= 11 is 0. The van der Waals surface area contributed by atoms with Gasteiger partial charge in [-0.05, 0) is 18.4 Å². The maximum Gasteiger partial charge on any atom is 0.265 e. The lowest BCUT2D eigenvalue weighted by molar-refractivity contribution is 0.318. The van der Waals surface area contributed by atoms with E-state index in [2.05, 4.69) is 11.7 Å². The SMILES string of the molecule is C=C(C)C(N)=NO.CC(C)CS(=O)(=O)O. The number of nitrogens with two attached hydrogens (primary N) is 1. The van der Waals surface area contributed by atoms with Crippen LogP contribution in [-0.4, -0.2) is 29.8 Å². The van der Waals surface area contributed by atoms with Gasteiger partial charge in [0.05, 0.1) is 5.75 Å². The molecule has 0 saturated heterocycles. The highest BCUT2D eigenvalue weighted by Gasteiger charge is 2.06. The van der Waals surface area contributed by atoms with E-state index in [0.717, 1.165) is 0 Å². The molecule has 0 unspecified atom stereocenters. The van der Waals surface area contributed by atoms with E-state index in [1.54, 1.807) is 20.8 Å². The highest BCUT2D eigenvalue weighted by molar-refractivity contribution is 7.85. The summed E-state index contributed by atoms with van der Waals surface area (Å²) < 4.78 is 28.2. The second-order valence-electron chi connectivity index (χ2n) is 3.41. The largest absolute Gasteiger partial charge is 0.409 e. The summed E-state index contributed by atoms with van der Waals surface area (Å²) in [5, 5.41) is 10.6. The van der Waals surface area contributed by atoms with Gasteiger partial charge in [0.1, 0.15) is 0 Å². The number of oxime groups is 1. The molecular formula is C8H18N2O4S. The molecule has 4 N–H and O–H groups in total. The van der Waals surface area contributed by atoms with Gasteiger partial charge in [0.25, 0.3) is 10.1 Å². The van der Waals surface area contributed by atoms with Gasteiger partial charge >= 0.3 is 0 Å². The van der Waals surface area contributed by atoms with Crippen LogP contribution in [-0.2, 0) is 10.1 Å². The molecule has 0 atom stereocenters. The van der Waals surface area contributed by atoms with Crippen LogP contribution in [0.15, 0.2) is 17.3 Å². The van der Waals surface area contributed by atoms with Crippen LogP contribution in [0.25, 0.3) is 0 Å². The summed E-state index contributed by atoms with van der Waals surface area (Å²) in [6.07, 6.45) is 0. The van der Waals surface area contributed by atoms with E-state index < -0.39 is 10.1 Å². The molecule has 0 radical (unpaired) electrons. The first-order valence-corrected chi connectivity index (χ1v) is 5.79. The molecule has 0 amide bonds. The van der Waals surface area contributed by atoms with Crippen LogP contribution < -0.4 is 5.73 Å². The Hall–Kier alpha value is -1.08. The smallest absolute Gasteiger partial charge is 0.265 e. The minimum absolute atomic E-state index is 0.00463. The van der Waals surface area contributed by atoms with E-state index in [1.165, 1.54) is 0 Å². The standard InChI is InChI=1S/C4H8N2O.C4H10O3S/c1-3(2)4(5)6-7;1-4(2)3-8(5,6)7/h7H,1H2,2H3,(H2,5,6);4H,3H2,1-2H3,(H,5,6,7). The van der Waals surface area contributed by atoms with Crippen molar-refractivity contribution in [1.29, 1.82) is 0 Å². The van der Waals surface area contributed by atoms with E-state index in [4.69, 9.17) is 15.5 Å². The van der Waals surface area contributed by atoms with Crippen molar-refractivity contribution in [3.05, 3.63) is 12.2 Å². The van der Waals surface area contributed by atoms with E-state index >= 15 is 0 Å². The lowest BCUT2D eigenvalue weighted by Gasteiger charge is -1.97. The molecule has 0 aliphatic carbocycles. The third kappa shape index (κ3) is 15.7. The number of rotatable bonds is 3. The molecule has 0 aromatic rings. The van der Waals surface area contributed by atoms with E-state index in [9.17, 15) is 8.42 Å². The fraction of sp³-hybridized carbons (Fsp3) is 0.625. The van der Waals surface area contributed by atoms with Gasteiger partial charge in [0, 0.05) is 0 Å². The highest BCUT2D eigenvalue weighted by atomic mass is 32.2. The molecular weight excluding hydrogens is 220 g/mol. The van der Waals surface area contributed by atoms with Crippen molar-refractivity contribution in [1.82, 2.24) is 0 Å². The van der Waals surface area contributed by atoms with Crippen LogP contribution in [0.1, 0.15) is 20.8 Å². The van der Waals surface area contributed by atoms with Crippen molar-refractivity contribution in [2.45, 2.75) is 20.8 Å². The van der Waals surface area contributed by atoms with Crippen LogP contribution in [0, 0.1) is 5.92 Å². The van der Waals surface area contributed by atoms with Gasteiger partial charge in [-0.2, -0.15) is 8.42 Å². The van der Waals surface area contributed by atoms with E-state index in [1.807, 2.05) is 0 Å². The van der Waals surface area contributed by atoms with Gasteiger partial charge in [-0.1, -0.05) is 25.6 Å². The molecule has 15 heavy (non-hydrogen) atoms. The summed E-state index contributed by atoms with van der Waals surface area (Å²) in [5.74, 6) is -0.0579. The molecule has 0 bridgehead atoms. The Morgan fingerprint density at radius 1 is 1.53 bits per heavy atom. The third-order valence-corrected chi connectivity index (χ3v) is 2.18. The number of hydrogen-bond donors (Lipinski definition) is 3. The Morgan fingerprint density at radius 3 is 1.93 bits per heavy atom. The van der Waals surface area contributed by atoms with E-state index in [-0.39, 0.29) is 17.5 Å². The molecule has 0 aliphatic heterocycles. The summed E-state index contributed by atoms with van der Waals surface area (Å²) in [4.78, 5) is 0. The summed E-state index contributed by atoms with van der Waals surface area (Å²) in [5.41, 5.74) is 5.59. The average Bonchev–Trinajstić information content (AvgIpc) is 1.99. The Balaban J connectivity index is 0. The zero-order valence-electron chi connectivity index (χ0n) is 9.14. The van der Waals surface area contributed by atoms with Crippen LogP contribution in [0.3, 0.4) is 0 Å². The fourth-order valence-corrected chi connectivity index (χ4v) is 1.35. The van der Waals surface area contributed by atoms with Crippen molar-refractivity contribution in [2.24, 2.45) is 16.8 Å². The zero-order chi connectivity index (χ0) is 12.6. The Bertz CT molecular complexity index is 320. The molecule has 0 heterocycles. The maximum atomic E-state index is 10.00. The molecule has 0 saturated carbocycles. The minimum Gasteiger partial charge on any atom is -0.409 e. The Labute approximate surface area is 90.2 Å². The fourth-order valence-electron chi connectivity index (χ4n) is 0.507.